The minimum atomic E-state index is -3.62. The van der Waals surface area contributed by atoms with Crippen LogP contribution in [-0.2, 0) is 10.2 Å². The summed E-state index contributed by atoms with van der Waals surface area (Å²) in [7, 11) is -3.62. The van der Waals surface area contributed by atoms with Gasteiger partial charge >= 0.3 is 16.2 Å². The largest absolute Gasteiger partial charge is 0.478 e. The number of anilines is 1. The molecule has 104 valence electrons. The van der Waals surface area contributed by atoms with Gasteiger partial charge in [0.15, 0.2) is 0 Å². The van der Waals surface area contributed by atoms with Gasteiger partial charge in [-0.3, -0.25) is 4.72 Å². The van der Waals surface area contributed by atoms with Crippen LogP contribution in [0.15, 0.2) is 22.7 Å². The van der Waals surface area contributed by atoms with Crippen LogP contribution < -0.4 is 4.72 Å². The number of aromatic carboxylic acids is 1. The third-order valence-electron chi connectivity index (χ3n) is 2.87. The predicted molar refractivity (Wildman–Crippen MR) is 74.5 cm³/mol. The Morgan fingerprint density at radius 2 is 1.95 bits per heavy atom. The van der Waals surface area contributed by atoms with Crippen molar-refractivity contribution in [3.05, 3.63) is 28.2 Å². The standard InChI is InChI=1S/C11H13BrN2O4S/c12-10-8(11(15)16)4-3-5-9(10)13-19(17,18)14-6-1-2-7-14/h3-5,13H,1-2,6-7H2,(H,15,16). The monoisotopic (exact) mass is 348 g/mol. The van der Waals surface area contributed by atoms with Crippen molar-refractivity contribution < 1.29 is 18.3 Å². The Labute approximate surface area is 119 Å². The lowest BCUT2D eigenvalue weighted by atomic mass is 10.2. The van der Waals surface area contributed by atoms with Crippen molar-refractivity contribution >= 4 is 37.8 Å². The van der Waals surface area contributed by atoms with Crippen LogP contribution in [0.2, 0.25) is 0 Å². The quantitative estimate of drug-likeness (QED) is 0.869. The number of hydrogen-bond acceptors (Lipinski definition) is 3. The maximum atomic E-state index is 12.1. The van der Waals surface area contributed by atoms with Gasteiger partial charge in [0.25, 0.3) is 0 Å². The van der Waals surface area contributed by atoms with E-state index >= 15 is 0 Å². The van der Waals surface area contributed by atoms with Crippen LogP contribution in [0.1, 0.15) is 23.2 Å². The highest BCUT2D eigenvalue weighted by Crippen LogP contribution is 2.28. The van der Waals surface area contributed by atoms with E-state index in [4.69, 9.17) is 5.11 Å². The zero-order valence-corrected chi connectivity index (χ0v) is 12.4. The topological polar surface area (TPSA) is 86.7 Å². The summed E-state index contributed by atoms with van der Waals surface area (Å²) in [6, 6.07) is 4.42. The Morgan fingerprint density at radius 3 is 2.53 bits per heavy atom. The summed E-state index contributed by atoms with van der Waals surface area (Å²) >= 11 is 3.12. The van der Waals surface area contributed by atoms with Crippen LogP contribution in [-0.4, -0.2) is 36.9 Å². The minimum Gasteiger partial charge on any atom is -0.478 e. The smallest absolute Gasteiger partial charge is 0.336 e. The zero-order valence-electron chi connectivity index (χ0n) is 9.97. The molecule has 0 saturated carbocycles. The van der Waals surface area contributed by atoms with Crippen LogP contribution >= 0.6 is 15.9 Å². The second-order valence-electron chi connectivity index (χ2n) is 4.19. The van der Waals surface area contributed by atoms with Crippen molar-refractivity contribution in [2.24, 2.45) is 0 Å². The summed E-state index contributed by atoms with van der Waals surface area (Å²) in [4.78, 5) is 11.0. The van der Waals surface area contributed by atoms with E-state index in [0.717, 1.165) is 12.8 Å². The molecule has 0 amide bonds. The molecule has 0 aliphatic carbocycles. The van der Waals surface area contributed by atoms with Crippen molar-refractivity contribution in [1.29, 1.82) is 0 Å². The Kier molecular flexibility index (Phi) is 4.12. The molecule has 1 aliphatic rings. The lowest BCUT2D eigenvalue weighted by Gasteiger charge is -2.18. The third kappa shape index (κ3) is 3.07. The normalized spacial score (nSPS) is 16.5. The number of hydrogen-bond donors (Lipinski definition) is 2. The molecule has 0 radical (unpaired) electrons. The van der Waals surface area contributed by atoms with Gasteiger partial charge in [-0.25, -0.2) is 4.79 Å². The minimum absolute atomic E-state index is 0.0154. The molecule has 0 aromatic heterocycles. The van der Waals surface area contributed by atoms with Crippen LogP contribution in [0.5, 0.6) is 0 Å². The second-order valence-corrected chi connectivity index (χ2v) is 6.65. The lowest BCUT2D eigenvalue weighted by molar-refractivity contribution is 0.0696. The highest BCUT2D eigenvalue weighted by molar-refractivity contribution is 9.10. The molecule has 0 atom stereocenters. The Bertz CT molecular complexity index is 597. The molecular weight excluding hydrogens is 336 g/mol. The fraction of sp³-hybridized carbons (Fsp3) is 0.364. The molecule has 1 heterocycles. The van der Waals surface area contributed by atoms with E-state index in [-0.39, 0.29) is 15.7 Å². The van der Waals surface area contributed by atoms with Crippen LogP contribution in [0.25, 0.3) is 0 Å². The van der Waals surface area contributed by atoms with Gasteiger partial charge in [0, 0.05) is 13.1 Å². The van der Waals surface area contributed by atoms with Crippen molar-refractivity contribution in [2.75, 3.05) is 17.8 Å². The van der Waals surface area contributed by atoms with Gasteiger partial charge in [-0.2, -0.15) is 12.7 Å². The maximum absolute atomic E-state index is 12.1. The SMILES string of the molecule is O=C(O)c1cccc(NS(=O)(=O)N2CCCC2)c1Br. The fourth-order valence-electron chi connectivity index (χ4n) is 1.91. The molecule has 8 heteroatoms. The number of carbonyl (C=O) groups is 1. The van der Waals surface area contributed by atoms with E-state index in [1.54, 1.807) is 0 Å². The molecule has 6 nitrogen and oxygen atoms in total. The predicted octanol–water partition coefficient (Wildman–Crippen LogP) is 1.90. The summed E-state index contributed by atoms with van der Waals surface area (Å²) in [6.07, 6.45) is 1.69. The van der Waals surface area contributed by atoms with Gasteiger partial charge in [0.05, 0.1) is 15.7 Å². The van der Waals surface area contributed by atoms with Crippen molar-refractivity contribution in [3.8, 4) is 0 Å². The van der Waals surface area contributed by atoms with Crippen LogP contribution in [0.3, 0.4) is 0 Å². The Balaban J connectivity index is 2.28. The lowest BCUT2D eigenvalue weighted by Crippen LogP contribution is -2.33. The first-order valence-corrected chi connectivity index (χ1v) is 7.95. The van der Waals surface area contributed by atoms with E-state index in [9.17, 15) is 13.2 Å². The first kappa shape index (κ1) is 14.3. The van der Waals surface area contributed by atoms with E-state index < -0.39 is 16.2 Å². The molecule has 19 heavy (non-hydrogen) atoms. The van der Waals surface area contributed by atoms with Crippen LogP contribution in [0.4, 0.5) is 5.69 Å². The number of halogens is 1. The van der Waals surface area contributed by atoms with E-state index in [1.807, 2.05) is 0 Å². The number of rotatable bonds is 4. The molecule has 0 spiro atoms. The molecule has 1 aromatic rings. The molecule has 2 rings (SSSR count). The molecule has 1 fully saturated rings. The van der Waals surface area contributed by atoms with E-state index in [1.165, 1.54) is 22.5 Å². The summed E-state index contributed by atoms with van der Waals surface area (Å²) < 4.78 is 28.2. The van der Waals surface area contributed by atoms with E-state index in [2.05, 4.69) is 20.7 Å². The molecule has 0 unspecified atom stereocenters. The molecule has 1 aromatic carbocycles. The highest BCUT2D eigenvalue weighted by atomic mass is 79.9. The van der Waals surface area contributed by atoms with Crippen molar-refractivity contribution in [1.82, 2.24) is 4.31 Å². The van der Waals surface area contributed by atoms with Crippen LogP contribution in [0, 0.1) is 0 Å². The number of nitrogens with one attached hydrogen (secondary N) is 1. The zero-order chi connectivity index (χ0) is 14.0. The third-order valence-corrected chi connectivity index (χ3v) is 5.25. The van der Waals surface area contributed by atoms with Gasteiger partial charge < -0.3 is 5.11 Å². The summed E-state index contributed by atoms with van der Waals surface area (Å²) in [5, 5.41) is 8.98. The number of benzene rings is 1. The molecule has 2 N–H and O–H groups in total. The van der Waals surface area contributed by atoms with E-state index in [0.29, 0.717) is 13.1 Å². The number of carboxylic acid groups (broad SMARTS) is 1. The summed E-state index contributed by atoms with van der Waals surface area (Å²) in [6.45, 7) is 0.983. The first-order valence-electron chi connectivity index (χ1n) is 5.71. The van der Waals surface area contributed by atoms with Crippen molar-refractivity contribution in [2.45, 2.75) is 12.8 Å². The second kappa shape index (κ2) is 5.48. The Hall–Kier alpha value is -1.12. The Morgan fingerprint density at radius 1 is 1.32 bits per heavy atom. The molecule has 1 saturated heterocycles. The van der Waals surface area contributed by atoms with Gasteiger partial charge in [-0.15, -0.1) is 0 Å². The van der Waals surface area contributed by atoms with Gasteiger partial charge in [-0.1, -0.05) is 6.07 Å². The molecular formula is C11H13BrN2O4S. The average Bonchev–Trinajstić information content (AvgIpc) is 2.85. The molecule has 1 aliphatic heterocycles. The van der Waals surface area contributed by atoms with Gasteiger partial charge in [0.2, 0.25) is 0 Å². The summed E-state index contributed by atoms with van der Waals surface area (Å²) in [5.41, 5.74) is 0.244. The number of nitrogens with zero attached hydrogens (tertiary/aromatic N) is 1. The first-order chi connectivity index (χ1) is 8.92. The molecule has 0 bridgehead atoms. The fourth-order valence-corrected chi connectivity index (χ4v) is 3.89. The highest BCUT2D eigenvalue weighted by Gasteiger charge is 2.26. The summed E-state index contributed by atoms with van der Waals surface area (Å²) in [5.74, 6) is -1.12. The van der Waals surface area contributed by atoms with Gasteiger partial charge in [-0.05, 0) is 40.9 Å². The number of carboxylic acids is 1. The van der Waals surface area contributed by atoms with Gasteiger partial charge in [0.1, 0.15) is 0 Å². The maximum Gasteiger partial charge on any atom is 0.336 e. The van der Waals surface area contributed by atoms with Crippen molar-refractivity contribution in [3.63, 3.8) is 0 Å². The average molecular weight is 349 g/mol.